The molecule has 3 rings (SSSR count). The van der Waals surface area contributed by atoms with Crippen molar-refractivity contribution in [2.45, 2.75) is 37.4 Å². The molecule has 0 aromatic heterocycles. The van der Waals surface area contributed by atoms with Crippen molar-refractivity contribution in [3.05, 3.63) is 35.9 Å². The van der Waals surface area contributed by atoms with Crippen LogP contribution in [0.25, 0.3) is 0 Å². The maximum Gasteiger partial charge on any atom is 0.322 e. The van der Waals surface area contributed by atoms with E-state index in [1.807, 2.05) is 6.07 Å². The molecular formula is C18H24N3O4+. The molecule has 0 radical (unpaired) electrons. The van der Waals surface area contributed by atoms with Crippen LogP contribution in [0.5, 0.6) is 0 Å². The minimum atomic E-state index is -1.07. The van der Waals surface area contributed by atoms with E-state index in [4.69, 9.17) is 5.11 Å². The van der Waals surface area contributed by atoms with Gasteiger partial charge < -0.3 is 20.6 Å². The Balaban J connectivity index is 1.76. The molecule has 7 heteroatoms. The Bertz CT molecular complexity index is 664. The van der Waals surface area contributed by atoms with E-state index in [1.54, 1.807) is 24.3 Å². The summed E-state index contributed by atoms with van der Waals surface area (Å²) in [5, 5.41) is 14.3. The Morgan fingerprint density at radius 2 is 1.92 bits per heavy atom. The number of hydrogen-bond acceptors (Lipinski definition) is 3. The molecule has 0 aliphatic carbocycles. The first-order valence-corrected chi connectivity index (χ1v) is 8.66. The van der Waals surface area contributed by atoms with Crippen LogP contribution in [0.2, 0.25) is 0 Å². The van der Waals surface area contributed by atoms with Gasteiger partial charge >= 0.3 is 5.97 Å². The van der Waals surface area contributed by atoms with Crippen LogP contribution in [0, 0.1) is 5.92 Å². The monoisotopic (exact) mass is 346 g/mol. The minimum absolute atomic E-state index is 0.105. The number of carbonyl (C=O) groups excluding carboxylic acids is 2. The number of amides is 2. The molecule has 3 unspecified atom stereocenters. The summed E-state index contributed by atoms with van der Waals surface area (Å²) in [6, 6.07) is 9.18. The summed E-state index contributed by atoms with van der Waals surface area (Å²) in [6.07, 6.45) is 2.67. The van der Waals surface area contributed by atoms with Crippen LogP contribution < -0.4 is 15.5 Å². The summed E-state index contributed by atoms with van der Waals surface area (Å²) in [4.78, 5) is 37.2. The van der Waals surface area contributed by atoms with Crippen molar-refractivity contribution in [1.29, 1.82) is 0 Å². The molecule has 2 fully saturated rings. The van der Waals surface area contributed by atoms with Gasteiger partial charge in [0.05, 0.1) is 19.1 Å². The van der Waals surface area contributed by atoms with Gasteiger partial charge in [0, 0.05) is 24.8 Å². The van der Waals surface area contributed by atoms with Crippen LogP contribution in [0.15, 0.2) is 30.3 Å². The van der Waals surface area contributed by atoms with Gasteiger partial charge in [-0.05, 0) is 12.1 Å². The van der Waals surface area contributed by atoms with Crippen LogP contribution in [-0.4, -0.2) is 54.6 Å². The number of carbonyl (C=O) groups is 3. The third-order valence-electron chi connectivity index (χ3n) is 5.53. The van der Waals surface area contributed by atoms with Crippen molar-refractivity contribution in [1.82, 2.24) is 10.6 Å². The van der Waals surface area contributed by atoms with Crippen molar-refractivity contribution in [3.8, 4) is 0 Å². The van der Waals surface area contributed by atoms with Crippen LogP contribution in [0.3, 0.4) is 0 Å². The molecule has 0 spiro atoms. The molecule has 2 bridgehead atoms. The van der Waals surface area contributed by atoms with Gasteiger partial charge in [0.2, 0.25) is 5.91 Å². The molecule has 2 saturated heterocycles. The van der Waals surface area contributed by atoms with Crippen LogP contribution >= 0.6 is 0 Å². The lowest BCUT2D eigenvalue weighted by Gasteiger charge is -2.39. The van der Waals surface area contributed by atoms with E-state index in [0.717, 1.165) is 19.3 Å². The quantitative estimate of drug-likeness (QED) is 0.552. The lowest BCUT2D eigenvalue weighted by atomic mass is 9.84. The van der Waals surface area contributed by atoms with Crippen molar-refractivity contribution in [3.63, 3.8) is 0 Å². The molecule has 134 valence electrons. The van der Waals surface area contributed by atoms with Crippen molar-refractivity contribution >= 4 is 17.8 Å². The highest BCUT2D eigenvalue weighted by molar-refractivity contribution is 5.95. The summed E-state index contributed by atoms with van der Waals surface area (Å²) in [6.45, 7) is -0.399. The second kappa shape index (κ2) is 7.23. The van der Waals surface area contributed by atoms with Crippen molar-refractivity contribution < 1.29 is 24.4 Å². The van der Waals surface area contributed by atoms with E-state index in [0.29, 0.717) is 11.6 Å². The van der Waals surface area contributed by atoms with E-state index in [-0.39, 0.29) is 23.9 Å². The lowest BCUT2D eigenvalue weighted by molar-refractivity contribution is -0.925. The first kappa shape index (κ1) is 17.4. The predicted octanol–water partition coefficient (Wildman–Crippen LogP) is -0.949. The SMILES string of the molecule is C[NH+]1C2CCC1[C@@H](C(=O)NCC(=O)O)[C@@H](NC(=O)c1ccccc1)C2. The number of nitrogens with one attached hydrogen (secondary N) is 3. The Kier molecular flexibility index (Phi) is 5.03. The van der Waals surface area contributed by atoms with Crippen molar-refractivity contribution in [2.24, 2.45) is 5.92 Å². The average molecular weight is 346 g/mol. The summed E-state index contributed by atoms with van der Waals surface area (Å²) in [7, 11) is 2.08. The van der Waals surface area contributed by atoms with E-state index in [9.17, 15) is 14.4 Å². The van der Waals surface area contributed by atoms with Gasteiger partial charge in [-0.2, -0.15) is 0 Å². The van der Waals surface area contributed by atoms with Gasteiger partial charge in [-0.25, -0.2) is 0 Å². The molecule has 1 aromatic rings. The fourth-order valence-corrected chi connectivity index (χ4v) is 4.27. The first-order valence-electron chi connectivity index (χ1n) is 8.66. The van der Waals surface area contributed by atoms with E-state index in [1.165, 1.54) is 4.90 Å². The van der Waals surface area contributed by atoms with Gasteiger partial charge in [0.25, 0.3) is 5.91 Å². The topological polar surface area (TPSA) is 99.9 Å². The smallest absolute Gasteiger partial charge is 0.322 e. The highest BCUT2D eigenvalue weighted by atomic mass is 16.4. The predicted molar refractivity (Wildman–Crippen MR) is 90.1 cm³/mol. The van der Waals surface area contributed by atoms with Gasteiger partial charge in [0.15, 0.2) is 0 Å². The molecule has 2 aliphatic heterocycles. The Labute approximate surface area is 146 Å². The number of carboxylic acid groups (broad SMARTS) is 1. The van der Waals surface area contributed by atoms with Crippen molar-refractivity contribution in [2.75, 3.05) is 13.6 Å². The summed E-state index contributed by atoms with van der Waals surface area (Å²) in [5.41, 5.74) is 0.561. The number of benzene rings is 1. The summed E-state index contributed by atoms with van der Waals surface area (Å²) >= 11 is 0. The molecule has 2 amide bonds. The van der Waals surface area contributed by atoms with Gasteiger partial charge in [-0.1, -0.05) is 18.2 Å². The normalized spacial score (nSPS) is 30.5. The Hall–Kier alpha value is -2.41. The summed E-state index contributed by atoms with van der Waals surface area (Å²) < 4.78 is 0. The number of hydrogen-bond donors (Lipinski definition) is 4. The van der Waals surface area contributed by atoms with E-state index < -0.39 is 18.4 Å². The zero-order chi connectivity index (χ0) is 18.0. The van der Waals surface area contributed by atoms with Crippen LogP contribution in [-0.2, 0) is 9.59 Å². The third-order valence-corrected chi connectivity index (χ3v) is 5.53. The van der Waals surface area contributed by atoms with Gasteiger partial charge in [-0.15, -0.1) is 0 Å². The number of quaternary nitrogens is 1. The zero-order valence-corrected chi connectivity index (χ0v) is 14.2. The number of aliphatic carboxylic acids is 1. The minimum Gasteiger partial charge on any atom is -0.480 e. The fourth-order valence-electron chi connectivity index (χ4n) is 4.27. The third kappa shape index (κ3) is 3.66. The van der Waals surface area contributed by atoms with Crippen LogP contribution in [0.4, 0.5) is 0 Å². The first-order chi connectivity index (χ1) is 12.0. The molecule has 0 saturated carbocycles. The second-order valence-electron chi connectivity index (χ2n) is 6.94. The molecular weight excluding hydrogens is 322 g/mol. The van der Waals surface area contributed by atoms with Crippen LogP contribution in [0.1, 0.15) is 29.6 Å². The molecule has 7 nitrogen and oxygen atoms in total. The average Bonchev–Trinajstić information content (AvgIpc) is 2.83. The fraction of sp³-hybridized carbons (Fsp3) is 0.500. The maximum atomic E-state index is 12.6. The highest BCUT2D eigenvalue weighted by Crippen LogP contribution is 2.28. The molecule has 5 atom stereocenters. The van der Waals surface area contributed by atoms with Gasteiger partial charge in [-0.3, -0.25) is 14.4 Å². The largest absolute Gasteiger partial charge is 0.480 e. The molecule has 4 N–H and O–H groups in total. The second-order valence-corrected chi connectivity index (χ2v) is 6.94. The Morgan fingerprint density at radius 1 is 1.20 bits per heavy atom. The van der Waals surface area contributed by atoms with Gasteiger partial charge in [0.1, 0.15) is 18.5 Å². The lowest BCUT2D eigenvalue weighted by Crippen LogP contribution is -3.17. The van der Waals surface area contributed by atoms with E-state index in [2.05, 4.69) is 17.7 Å². The number of fused-ring (bicyclic) bond motifs is 2. The van der Waals surface area contributed by atoms with E-state index >= 15 is 0 Å². The molecule has 1 aromatic carbocycles. The molecule has 2 heterocycles. The summed E-state index contributed by atoms with van der Waals surface area (Å²) in [5.74, 6) is -1.96. The molecule has 25 heavy (non-hydrogen) atoms. The number of rotatable bonds is 5. The zero-order valence-electron chi connectivity index (χ0n) is 14.2. The standard InChI is InChI=1S/C18H23N3O4/c1-21-12-7-8-14(21)16(18(25)19-10-15(22)23)13(9-12)20-17(24)11-5-3-2-4-6-11/h2-6,12-14,16H,7-10H2,1H3,(H,19,25)(H,20,24)(H,22,23)/p+1/t12?,13-,14?,16-/m0/s1. The highest BCUT2D eigenvalue weighted by Gasteiger charge is 2.52. The Morgan fingerprint density at radius 3 is 2.60 bits per heavy atom. The number of carboxylic acids is 1. The maximum absolute atomic E-state index is 12.6. The number of piperidine rings is 1. The molecule has 2 aliphatic rings.